The number of carbonyl (C=O) groups excluding carboxylic acids is 1. The SMILES string of the molecule is CC(C)Oc1ccc(CNC(=O)Nc2ccc(F)cc2C#N)cc1. The van der Waals surface area contributed by atoms with E-state index < -0.39 is 11.8 Å². The maximum atomic E-state index is 13.1. The number of urea groups is 1. The number of nitrogens with zero attached hydrogens (tertiary/aromatic N) is 1. The van der Waals surface area contributed by atoms with E-state index in [4.69, 9.17) is 10.00 Å². The summed E-state index contributed by atoms with van der Waals surface area (Å²) in [6.07, 6.45) is 0.102. The molecule has 0 unspecified atom stereocenters. The molecule has 0 fully saturated rings. The maximum Gasteiger partial charge on any atom is 0.319 e. The standard InChI is InChI=1S/C18H18FN3O2/c1-12(2)24-16-6-3-13(4-7-16)11-21-18(23)22-17-8-5-15(19)9-14(17)10-20/h3-9,12H,11H2,1-2H3,(H2,21,22,23). The van der Waals surface area contributed by atoms with Crippen LogP contribution in [-0.2, 0) is 6.54 Å². The highest BCUT2D eigenvalue weighted by Gasteiger charge is 2.08. The number of hydrogen-bond acceptors (Lipinski definition) is 3. The third-order valence-corrected chi connectivity index (χ3v) is 3.10. The molecule has 0 aliphatic rings. The number of benzene rings is 2. The molecular formula is C18H18FN3O2. The van der Waals surface area contributed by atoms with E-state index in [9.17, 15) is 9.18 Å². The molecule has 5 nitrogen and oxygen atoms in total. The lowest BCUT2D eigenvalue weighted by Gasteiger charge is -2.11. The topological polar surface area (TPSA) is 74.2 Å². The smallest absolute Gasteiger partial charge is 0.319 e. The highest BCUT2D eigenvalue weighted by atomic mass is 19.1. The molecule has 0 saturated carbocycles. The fraction of sp³-hybridized carbons (Fsp3) is 0.222. The fourth-order valence-corrected chi connectivity index (χ4v) is 2.02. The van der Waals surface area contributed by atoms with Crippen LogP contribution in [-0.4, -0.2) is 12.1 Å². The van der Waals surface area contributed by atoms with Gasteiger partial charge < -0.3 is 15.4 Å². The first-order valence-corrected chi connectivity index (χ1v) is 7.48. The lowest BCUT2D eigenvalue weighted by atomic mass is 10.2. The molecular weight excluding hydrogens is 309 g/mol. The van der Waals surface area contributed by atoms with Gasteiger partial charge in [-0.25, -0.2) is 9.18 Å². The van der Waals surface area contributed by atoms with Crippen molar-refractivity contribution < 1.29 is 13.9 Å². The Hall–Kier alpha value is -3.07. The molecule has 0 atom stereocenters. The number of halogens is 1. The molecule has 0 aliphatic heterocycles. The van der Waals surface area contributed by atoms with Crippen LogP contribution in [0.5, 0.6) is 5.75 Å². The predicted molar refractivity (Wildman–Crippen MR) is 89.2 cm³/mol. The van der Waals surface area contributed by atoms with Crippen LogP contribution in [0, 0.1) is 17.1 Å². The Morgan fingerprint density at radius 1 is 1.25 bits per heavy atom. The van der Waals surface area contributed by atoms with Crippen molar-refractivity contribution in [2.75, 3.05) is 5.32 Å². The minimum atomic E-state index is -0.527. The zero-order valence-corrected chi connectivity index (χ0v) is 13.5. The summed E-state index contributed by atoms with van der Waals surface area (Å²) in [7, 11) is 0. The summed E-state index contributed by atoms with van der Waals surface area (Å²) in [6, 6.07) is 12.4. The predicted octanol–water partition coefficient (Wildman–Crippen LogP) is 3.81. The van der Waals surface area contributed by atoms with Crippen LogP contribution < -0.4 is 15.4 Å². The van der Waals surface area contributed by atoms with Crippen molar-refractivity contribution in [2.45, 2.75) is 26.5 Å². The molecule has 124 valence electrons. The molecule has 0 radical (unpaired) electrons. The van der Waals surface area contributed by atoms with Gasteiger partial charge in [-0.2, -0.15) is 5.26 Å². The molecule has 0 aliphatic carbocycles. The third-order valence-electron chi connectivity index (χ3n) is 3.10. The Kier molecular flexibility index (Phi) is 5.74. The van der Waals surface area contributed by atoms with Crippen LogP contribution in [0.15, 0.2) is 42.5 Å². The normalized spacial score (nSPS) is 10.1. The molecule has 0 saturated heterocycles. The summed E-state index contributed by atoms with van der Waals surface area (Å²) in [5, 5.41) is 14.2. The van der Waals surface area contributed by atoms with Crippen molar-refractivity contribution >= 4 is 11.7 Å². The third kappa shape index (κ3) is 4.99. The van der Waals surface area contributed by atoms with Gasteiger partial charge >= 0.3 is 6.03 Å². The number of hydrogen-bond donors (Lipinski definition) is 2. The molecule has 0 heterocycles. The Bertz CT molecular complexity index is 752. The molecule has 0 bridgehead atoms. The van der Waals surface area contributed by atoms with E-state index in [-0.39, 0.29) is 17.4 Å². The molecule has 2 amide bonds. The van der Waals surface area contributed by atoms with E-state index in [1.165, 1.54) is 12.1 Å². The first-order valence-electron chi connectivity index (χ1n) is 7.48. The number of nitrogens with one attached hydrogen (secondary N) is 2. The minimum Gasteiger partial charge on any atom is -0.491 e. The van der Waals surface area contributed by atoms with Gasteiger partial charge in [0.25, 0.3) is 0 Å². The van der Waals surface area contributed by atoms with Crippen LogP contribution in [0.2, 0.25) is 0 Å². The summed E-state index contributed by atoms with van der Waals surface area (Å²) in [5.41, 5.74) is 1.23. The Morgan fingerprint density at radius 2 is 1.96 bits per heavy atom. The van der Waals surface area contributed by atoms with Crippen LogP contribution in [0.4, 0.5) is 14.9 Å². The zero-order chi connectivity index (χ0) is 17.5. The lowest BCUT2D eigenvalue weighted by Crippen LogP contribution is -2.28. The zero-order valence-electron chi connectivity index (χ0n) is 13.5. The number of rotatable bonds is 5. The van der Waals surface area contributed by atoms with Gasteiger partial charge in [-0.15, -0.1) is 0 Å². The van der Waals surface area contributed by atoms with E-state index in [0.717, 1.165) is 17.4 Å². The number of anilines is 1. The van der Waals surface area contributed by atoms with E-state index in [2.05, 4.69) is 10.6 Å². The molecule has 2 N–H and O–H groups in total. The number of amides is 2. The average Bonchev–Trinajstić information content (AvgIpc) is 2.55. The summed E-state index contributed by atoms with van der Waals surface area (Å²) in [6.45, 7) is 4.21. The van der Waals surface area contributed by atoms with Crippen molar-refractivity contribution in [3.63, 3.8) is 0 Å². The highest BCUT2D eigenvalue weighted by molar-refractivity contribution is 5.90. The van der Waals surface area contributed by atoms with Gasteiger partial charge in [-0.1, -0.05) is 12.1 Å². The van der Waals surface area contributed by atoms with Crippen LogP contribution in [0.1, 0.15) is 25.0 Å². The quantitative estimate of drug-likeness (QED) is 0.877. The minimum absolute atomic E-state index is 0.0698. The van der Waals surface area contributed by atoms with E-state index in [1.54, 1.807) is 0 Å². The van der Waals surface area contributed by atoms with Crippen LogP contribution >= 0.6 is 0 Å². The molecule has 2 aromatic rings. The van der Waals surface area contributed by atoms with Gasteiger partial charge in [-0.05, 0) is 49.7 Å². The summed E-state index contributed by atoms with van der Waals surface area (Å²) in [5.74, 6) is 0.240. The maximum absolute atomic E-state index is 13.1. The first-order chi connectivity index (χ1) is 11.5. The number of carbonyl (C=O) groups is 1. The van der Waals surface area contributed by atoms with Gasteiger partial charge in [0.1, 0.15) is 17.6 Å². The second-order valence-corrected chi connectivity index (χ2v) is 5.42. The van der Waals surface area contributed by atoms with Crippen molar-refractivity contribution in [1.82, 2.24) is 5.32 Å². The van der Waals surface area contributed by atoms with Gasteiger partial charge in [0.05, 0.1) is 17.4 Å². The van der Waals surface area contributed by atoms with Crippen LogP contribution in [0.3, 0.4) is 0 Å². The van der Waals surface area contributed by atoms with Crippen LogP contribution in [0.25, 0.3) is 0 Å². The van der Waals surface area contributed by atoms with E-state index >= 15 is 0 Å². The monoisotopic (exact) mass is 327 g/mol. The van der Waals surface area contributed by atoms with Gasteiger partial charge in [0.2, 0.25) is 0 Å². The molecule has 6 heteroatoms. The molecule has 2 rings (SSSR count). The second kappa shape index (κ2) is 7.97. The molecule has 0 aromatic heterocycles. The van der Waals surface area contributed by atoms with E-state index in [0.29, 0.717) is 6.54 Å². The Balaban J connectivity index is 1.90. The summed E-state index contributed by atoms with van der Waals surface area (Å²) in [4.78, 5) is 11.9. The van der Waals surface area contributed by atoms with Crippen molar-refractivity contribution in [3.8, 4) is 11.8 Å². The van der Waals surface area contributed by atoms with E-state index in [1.807, 2.05) is 44.2 Å². The summed E-state index contributed by atoms with van der Waals surface area (Å²) < 4.78 is 18.6. The lowest BCUT2D eigenvalue weighted by molar-refractivity contribution is 0.242. The Morgan fingerprint density at radius 3 is 2.58 bits per heavy atom. The van der Waals surface area contributed by atoms with Gasteiger partial charge in [0, 0.05) is 6.54 Å². The number of nitriles is 1. The Labute approximate surface area is 140 Å². The van der Waals surface area contributed by atoms with Crippen molar-refractivity contribution in [3.05, 3.63) is 59.4 Å². The molecule has 24 heavy (non-hydrogen) atoms. The average molecular weight is 327 g/mol. The first kappa shape index (κ1) is 17.3. The van der Waals surface area contributed by atoms with Crippen molar-refractivity contribution in [1.29, 1.82) is 5.26 Å². The highest BCUT2D eigenvalue weighted by Crippen LogP contribution is 2.16. The van der Waals surface area contributed by atoms with Gasteiger partial charge in [-0.3, -0.25) is 0 Å². The largest absolute Gasteiger partial charge is 0.491 e. The molecule has 2 aromatic carbocycles. The fourth-order valence-electron chi connectivity index (χ4n) is 2.02. The van der Waals surface area contributed by atoms with Crippen molar-refractivity contribution in [2.24, 2.45) is 0 Å². The second-order valence-electron chi connectivity index (χ2n) is 5.42. The number of ether oxygens (including phenoxy) is 1. The molecule has 0 spiro atoms. The summed E-state index contributed by atoms with van der Waals surface area (Å²) >= 11 is 0. The van der Waals surface area contributed by atoms with Gasteiger partial charge in [0.15, 0.2) is 0 Å².